The first-order chi connectivity index (χ1) is 34.2. The van der Waals surface area contributed by atoms with Crippen LogP contribution in [0.3, 0.4) is 0 Å². The van der Waals surface area contributed by atoms with Gasteiger partial charge < -0.3 is 50.5 Å². The van der Waals surface area contributed by atoms with Crippen molar-refractivity contribution in [2.24, 2.45) is 0 Å². The van der Waals surface area contributed by atoms with Crippen LogP contribution in [0.4, 0.5) is 0 Å². The van der Waals surface area contributed by atoms with Crippen LogP contribution in [0.1, 0.15) is 277 Å². The van der Waals surface area contributed by atoms with Gasteiger partial charge in [-0.2, -0.15) is 0 Å². The maximum Gasteiger partial charge on any atom is 0.249 e. The van der Waals surface area contributed by atoms with Crippen LogP contribution in [0.5, 0.6) is 0 Å². The number of aliphatic hydroxyl groups is 7. The third-order valence-electron chi connectivity index (χ3n) is 14.5. The molecule has 1 fully saturated rings. The fourth-order valence-electron chi connectivity index (χ4n) is 9.64. The standard InChI is InChI=1S/C59H113NO10/c1-3-5-7-9-11-13-15-17-19-21-23-25-27-28-30-32-34-36-38-40-42-44-46-51(62)54(64)50(49-69-59-57(67)56(66)55(65)53(48-61)70-59)60-58(68)52(63)47-45-43-41-39-37-35-33-31-29-26-24-22-20-18-16-14-12-10-8-6-4-2/h30,32,38,40,50-57,59,61-67H,3-29,31,33-37,39,41-49H2,1-2H3,(H,60,68)/b32-30+,40-38+. The van der Waals surface area contributed by atoms with Gasteiger partial charge in [-0.25, -0.2) is 0 Å². The largest absolute Gasteiger partial charge is 0.394 e. The molecule has 0 aromatic heterocycles. The zero-order valence-electron chi connectivity index (χ0n) is 45.3. The molecule has 1 aliphatic rings. The summed E-state index contributed by atoms with van der Waals surface area (Å²) in [4.78, 5) is 13.2. The molecule has 0 aliphatic carbocycles. The Morgan fingerprint density at radius 3 is 1.27 bits per heavy atom. The summed E-state index contributed by atoms with van der Waals surface area (Å²) in [6.45, 7) is 3.47. The molecule has 1 saturated heterocycles. The lowest BCUT2D eigenvalue weighted by molar-refractivity contribution is -0.303. The molecule has 1 heterocycles. The molecule has 0 spiro atoms. The molecule has 9 unspecified atom stereocenters. The quantitative estimate of drug-likeness (QED) is 0.0215. The molecule has 0 bridgehead atoms. The van der Waals surface area contributed by atoms with Crippen LogP contribution < -0.4 is 5.32 Å². The van der Waals surface area contributed by atoms with E-state index in [-0.39, 0.29) is 12.8 Å². The highest BCUT2D eigenvalue weighted by Crippen LogP contribution is 2.23. The van der Waals surface area contributed by atoms with Crippen molar-refractivity contribution in [1.29, 1.82) is 0 Å². The molecule has 11 nitrogen and oxygen atoms in total. The van der Waals surface area contributed by atoms with Crippen molar-refractivity contribution in [3.63, 3.8) is 0 Å². The minimum absolute atomic E-state index is 0.249. The van der Waals surface area contributed by atoms with Crippen LogP contribution >= 0.6 is 0 Å². The Morgan fingerprint density at radius 2 is 0.857 bits per heavy atom. The molecule has 9 atom stereocenters. The molecule has 0 aromatic rings. The summed E-state index contributed by atoms with van der Waals surface area (Å²) < 4.78 is 11.1. The predicted molar refractivity (Wildman–Crippen MR) is 289 cm³/mol. The lowest BCUT2D eigenvalue weighted by Gasteiger charge is -2.40. The predicted octanol–water partition coefficient (Wildman–Crippen LogP) is 12.5. The zero-order chi connectivity index (χ0) is 51.1. The molecule has 11 heteroatoms. The third kappa shape index (κ3) is 36.5. The van der Waals surface area contributed by atoms with Crippen molar-refractivity contribution in [2.75, 3.05) is 13.2 Å². The molecular weight excluding hydrogens is 883 g/mol. The summed E-state index contributed by atoms with van der Waals surface area (Å²) >= 11 is 0. The van der Waals surface area contributed by atoms with E-state index >= 15 is 0 Å². The average molecular weight is 997 g/mol. The van der Waals surface area contributed by atoms with Gasteiger partial charge >= 0.3 is 0 Å². The van der Waals surface area contributed by atoms with E-state index in [1.807, 2.05) is 0 Å². The maximum atomic E-state index is 13.2. The van der Waals surface area contributed by atoms with Crippen LogP contribution in [-0.2, 0) is 14.3 Å². The number of nitrogens with one attached hydrogen (secondary N) is 1. The first-order valence-corrected chi connectivity index (χ1v) is 29.7. The smallest absolute Gasteiger partial charge is 0.249 e. The monoisotopic (exact) mass is 996 g/mol. The summed E-state index contributed by atoms with van der Waals surface area (Å²) in [5.74, 6) is -0.705. The molecule has 1 aliphatic heterocycles. The molecule has 8 N–H and O–H groups in total. The first-order valence-electron chi connectivity index (χ1n) is 29.7. The lowest BCUT2D eigenvalue weighted by atomic mass is 9.98. The topological polar surface area (TPSA) is 189 Å². The molecule has 0 aromatic carbocycles. The summed E-state index contributed by atoms with van der Waals surface area (Å²) in [6, 6.07) is -1.19. The van der Waals surface area contributed by atoms with Crippen LogP contribution in [-0.4, -0.2) is 110 Å². The Balaban J connectivity index is 2.33. The van der Waals surface area contributed by atoms with E-state index in [1.54, 1.807) is 0 Å². The summed E-state index contributed by atoms with van der Waals surface area (Å²) in [5, 5.41) is 76.1. The van der Waals surface area contributed by atoms with E-state index in [2.05, 4.69) is 43.5 Å². The van der Waals surface area contributed by atoms with E-state index in [1.165, 1.54) is 193 Å². The van der Waals surface area contributed by atoms with E-state index in [0.29, 0.717) is 19.3 Å². The normalized spacial score (nSPS) is 20.4. The number of amides is 1. The number of aliphatic hydroxyl groups excluding tert-OH is 7. The van der Waals surface area contributed by atoms with Crippen LogP contribution in [0, 0.1) is 0 Å². The molecule has 414 valence electrons. The average Bonchev–Trinajstić information content (AvgIpc) is 3.36. The van der Waals surface area contributed by atoms with Gasteiger partial charge in [0, 0.05) is 0 Å². The van der Waals surface area contributed by atoms with E-state index in [4.69, 9.17) is 9.47 Å². The van der Waals surface area contributed by atoms with Gasteiger partial charge in [-0.3, -0.25) is 4.79 Å². The van der Waals surface area contributed by atoms with E-state index in [0.717, 1.165) is 38.5 Å². The Kier molecular flexibility index (Phi) is 46.2. The molecular formula is C59H113NO10. The second kappa shape index (κ2) is 48.5. The van der Waals surface area contributed by atoms with Gasteiger partial charge in [-0.1, -0.05) is 250 Å². The second-order valence-electron chi connectivity index (χ2n) is 21.1. The van der Waals surface area contributed by atoms with Gasteiger partial charge in [-0.15, -0.1) is 0 Å². The number of rotatable bonds is 51. The van der Waals surface area contributed by atoms with Crippen LogP contribution in [0.15, 0.2) is 24.3 Å². The Hall–Kier alpha value is -1.41. The van der Waals surface area contributed by atoms with Crippen molar-refractivity contribution >= 4 is 5.91 Å². The van der Waals surface area contributed by atoms with Gasteiger partial charge in [0.25, 0.3) is 0 Å². The van der Waals surface area contributed by atoms with Crippen LogP contribution in [0.25, 0.3) is 0 Å². The fourth-order valence-corrected chi connectivity index (χ4v) is 9.64. The number of hydrogen-bond acceptors (Lipinski definition) is 10. The van der Waals surface area contributed by atoms with Gasteiger partial charge in [0.1, 0.15) is 36.6 Å². The number of carbonyl (C=O) groups excluding carboxylic acids is 1. The highest BCUT2D eigenvalue weighted by molar-refractivity contribution is 5.80. The van der Waals surface area contributed by atoms with E-state index < -0.39 is 74.2 Å². The number of ether oxygens (including phenoxy) is 2. The number of unbranched alkanes of at least 4 members (excludes halogenated alkanes) is 35. The molecule has 70 heavy (non-hydrogen) atoms. The van der Waals surface area contributed by atoms with Gasteiger partial charge in [0.15, 0.2) is 6.29 Å². The minimum atomic E-state index is -1.67. The summed E-state index contributed by atoms with van der Waals surface area (Å²) in [7, 11) is 0. The number of allylic oxidation sites excluding steroid dienone is 4. The highest BCUT2D eigenvalue weighted by Gasteiger charge is 2.44. The van der Waals surface area contributed by atoms with Crippen LogP contribution in [0.2, 0.25) is 0 Å². The summed E-state index contributed by atoms with van der Waals surface area (Å²) in [6.07, 6.45) is 46.6. The van der Waals surface area contributed by atoms with Crippen molar-refractivity contribution in [3.05, 3.63) is 24.3 Å². The number of hydrogen-bond donors (Lipinski definition) is 8. The molecule has 1 rings (SSSR count). The molecule has 0 saturated carbocycles. The van der Waals surface area contributed by atoms with Gasteiger partial charge in [0.05, 0.1) is 25.4 Å². The molecule has 1 amide bonds. The maximum absolute atomic E-state index is 13.2. The second-order valence-corrected chi connectivity index (χ2v) is 21.1. The van der Waals surface area contributed by atoms with Gasteiger partial charge in [0.2, 0.25) is 5.91 Å². The van der Waals surface area contributed by atoms with E-state index in [9.17, 15) is 40.5 Å². The third-order valence-corrected chi connectivity index (χ3v) is 14.5. The Labute approximate surface area is 429 Å². The first kappa shape index (κ1) is 66.6. The van der Waals surface area contributed by atoms with Crippen molar-refractivity contribution in [2.45, 2.75) is 332 Å². The lowest BCUT2D eigenvalue weighted by Crippen LogP contribution is -2.60. The SMILES string of the molecule is CCCCCCCCCCCCCCC/C=C/CC/C=C/CCCC(O)C(O)C(COC1OC(CO)C(O)C(O)C1O)NC(=O)C(O)CCCCCCCCCCCCCCCCCCCCCCC. The zero-order valence-corrected chi connectivity index (χ0v) is 45.3. The highest BCUT2D eigenvalue weighted by atomic mass is 16.7. The fraction of sp³-hybridized carbons (Fsp3) is 0.915. The van der Waals surface area contributed by atoms with Crippen molar-refractivity contribution in [3.8, 4) is 0 Å². The summed E-state index contributed by atoms with van der Waals surface area (Å²) in [5.41, 5.74) is 0. The van der Waals surface area contributed by atoms with Crippen molar-refractivity contribution < 1.29 is 50.0 Å². The van der Waals surface area contributed by atoms with Crippen molar-refractivity contribution in [1.82, 2.24) is 5.32 Å². The van der Waals surface area contributed by atoms with Gasteiger partial charge in [-0.05, 0) is 51.4 Å². The Morgan fingerprint density at radius 1 is 0.486 bits per heavy atom. The number of carbonyl (C=O) groups is 1. The Bertz CT molecular complexity index is 1190. The minimum Gasteiger partial charge on any atom is -0.394 e. The molecule has 0 radical (unpaired) electrons.